The number of aliphatic imine (C=N–C) groups is 1. The third-order valence-corrected chi connectivity index (χ3v) is 17.4. The fourth-order valence-corrected chi connectivity index (χ4v) is 12.6. The second-order valence-corrected chi connectivity index (χ2v) is 24.0. The molecule has 6 aromatic rings. The highest BCUT2D eigenvalue weighted by Gasteiger charge is 2.44. The van der Waals surface area contributed by atoms with E-state index >= 15 is 0 Å². The van der Waals surface area contributed by atoms with Crippen LogP contribution in [0.4, 0.5) is 5.69 Å². The molecule has 406 valence electrons. The van der Waals surface area contributed by atoms with E-state index in [0.29, 0.717) is 24.0 Å². The van der Waals surface area contributed by atoms with Crippen LogP contribution >= 0.6 is 34.3 Å². The van der Waals surface area contributed by atoms with Gasteiger partial charge in [-0.1, -0.05) is 80.9 Å². The van der Waals surface area contributed by atoms with Crippen molar-refractivity contribution in [2.24, 2.45) is 10.4 Å². The molecule has 4 N–H and O–H groups in total. The summed E-state index contributed by atoms with van der Waals surface area (Å²) in [5.74, 6) is 0.0321. The molecule has 0 bridgehead atoms. The Morgan fingerprint density at radius 1 is 0.870 bits per heavy atom. The van der Waals surface area contributed by atoms with Gasteiger partial charge in [-0.15, -0.1) is 32.9 Å². The van der Waals surface area contributed by atoms with E-state index in [1.165, 1.54) is 20.2 Å². The third-order valence-electron chi connectivity index (χ3n) is 14.9. The van der Waals surface area contributed by atoms with E-state index in [2.05, 4.69) is 97.0 Å². The number of β-amino-alcohol motifs (C(OH)–C–C–N with tert-alkyl or cyclic N) is 1. The lowest BCUT2D eigenvalue weighted by Gasteiger charge is -2.36. The Hall–Kier alpha value is -6.28. The van der Waals surface area contributed by atoms with Gasteiger partial charge < -0.3 is 35.6 Å². The number of ether oxygens (including phenoxy) is 1. The van der Waals surface area contributed by atoms with Crippen LogP contribution in [0.5, 0.6) is 0 Å². The Kier molecular flexibility index (Phi) is 17.1. The minimum Gasteiger partial charge on any atom is -0.391 e. The highest BCUT2D eigenvalue weighted by atomic mass is 35.5. The van der Waals surface area contributed by atoms with E-state index in [-0.39, 0.29) is 50.4 Å². The average Bonchev–Trinajstić information content (AvgIpc) is 4.31. The first-order valence-electron chi connectivity index (χ1n) is 26.3. The Labute approximate surface area is 463 Å². The summed E-state index contributed by atoms with van der Waals surface area (Å²) in [7, 11) is 0. The molecular weight excluding hydrogens is 1030 g/mol. The van der Waals surface area contributed by atoms with Gasteiger partial charge in [0.05, 0.1) is 30.9 Å². The summed E-state index contributed by atoms with van der Waals surface area (Å²) in [6.45, 7) is 20.1. The van der Waals surface area contributed by atoms with E-state index in [1.807, 2.05) is 83.1 Å². The van der Waals surface area contributed by atoms with Gasteiger partial charge in [0.15, 0.2) is 5.82 Å². The zero-order valence-electron chi connectivity index (χ0n) is 45.1. The Morgan fingerprint density at radius 2 is 1.57 bits per heavy atom. The quantitative estimate of drug-likeness (QED) is 0.0652. The lowest BCUT2D eigenvalue weighted by molar-refractivity contribution is -0.144. The van der Waals surface area contributed by atoms with Gasteiger partial charge in [0, 0.05) is 83.8 Å². The first-order chi connectivity index (χ1) is 36.8. The molecule has 2 fully saturated rings. The number of nitrogens with one attached hydrogen (secondary N) is 3. The number of thiophene rings is 2. The van der Waals surface area contributed by atoms with Crippen LogP contribution in [-0.2, 0) is 30.5 Å². The van der Waals surface area contributed by atoms with Gasteiger partial charge in [0.2, 0.25) is 23.6 Å². The van der Waals surface area contributed by atoms with Gasteiger partial charge in [-0.3, -0.25) is 33.6 Å². The highest BCUT2D eigenvalue weighted by molar-refractivity contribution is 7.15. The van der Waals surface area contributed by atoms with E-state index in [1.54, 1.807) is 22.7 Å². The van der Waals surface area contributed by atoms with Crippen LogP contribution in [0.2, 0.25) is 5.02 Å². The Morgan fingerprint density at radius 3 is 2.25 bits per heavy atom. The van der Waals surface area contributed by atoms with Crippen molar-refractivity contribution in [1.29, 1.82) is 0 Å². The largest absolute Gasteiger partial charge is 0.391 e. The number of carbonyl (C=O) groups excluding carboxylic acids is 4. The van der Waals surface area contributed by atoms with Crippen molar-refractivity contribution in [2.75, 3.05) is 57.4 Å². The van der Waals surface area contributed by atoms with Gasteiger partial charge in [0.25, 0.3) is 0 Å². The number of nitrogens with zero attached hydrogens (tertiary/aromatic N) is 7. The van der Waals surface area contributed by atoms with Crippen LogP contribution < -0.4 is 20.9 Å². The smallest absolute Gasteiger partial charge is 0.246 e. The van der Waals surface area contributed by atoms with Crippen molar-refractivity contribution >= 4 is 69.3 Å². The topological polar surface area (TPSA) is 187 Å². The van der Waals surface area contributed by atoms with Gasteiger partial charge in [-0.2, -0.15) is 0 Å². The van der Waals surface area contributed by atoms with Crippen molar-refractivity contribution in [2.45, 2.75) is 105 Å². The predicted molar refractivity (Wildman–Crippen MR) is 304 cm³/mol. The number of aliphatic hydroxyl groups excluding tert-OH is 1. The summed E-state index contributed by atoms with van der Waals surface area (Å²) >= 11 is 9.65. The summed E-state index contributed by atoms with van der Waals surface area (Å²) in [4.78, 5) is 68.5. The van der Waals surface area contributed by atoms with E-state index in [0.717, 1.165) is 81.8 Å². The molecule has 3 aromatic carbocycles. The lowest BCUT2D eigenvalue weighted by atomic mass is 9.85. The minimum absolute atomic E-state index is 0.00179. The van der Waals surface area contributed by atoms with E-state index in [4.69, 9.17) is 21.3 Å². The molecule has 0 spiro atoms. The zero-order chi connectivity index (χ0) is 54.7. The predicted octanol–water partition coefficient (Wildman–Crippen LogP) is 8.05. The van der Waals surface area contributed by atoms with Crippen LogP contribution in [0.15, 0.2) is 89.2 Å². The standard InChI is InChI=1S/C58H69ClN10O6S2/c1-34-21-28-76-52(34)42-11-9-39(10-12-42)31-60-55(73)47-29-45(70)32-68(47)56(74)53(58(6,7)8)63-49(72)33-75-27-26-66-22-24-67(25-23-66)44-19-15-40(16-20-44)36(3)61-48(71)30-46-54-65-64-38(5)69(54)57-50(35(2)37(4)77-57)51(62-46)41-13-17-43(59)18-14-41/h9-21,28,36,45-47,53,70H,22-27,29-33H2,1-8H3,(H,60,73)(H,61,71)(H,63,72)/t36-,45+,46-,47-,53+/m0/s1. The molecule has 4 amide bonds. The summed E-state index contributed by atoms with van der Waals surface area (Å²) in [5, 5.41) is 32.4. The molecular formula is C58H69ClN10O6S2. The molecule has 2 saturated heterocycles. The van der Waals surface area contributed by atoms with Crippen molar-refractivity contribution < 1.29 is 29.0 Å². The van der Waals surface area contributed by atoms with E-state index < -0.39 is 41.5 Å². The Balaban J connectivity index is 0.718. The minimum atomic E-state index is -0.947. The third kappa shape index (κ3) is 12.7. The van der Waals surface area contributed by atoms with Gasteiger partial charge in [-0.25, -0.2) is 0 Å². The number of rotatable bonds is 17. The molecule has 16 nitrogen and oxygen atoms in total. The molecule has 77 heavy (non-hydrogen) atoms. The van der Waals surface area contributed by atoms with Crippen LogP contribution in [0.1, 0.15) is 103 Å². The van der Waals surface area contributed by atoms with Gasteiger partial charge >= 0.3 is 0 Å². The van der Waals surface area contributed by atoms with Crippen LogP contribution in [0.3, 0.4) is 0 Å². The van der Waals surface area contributed by atoms with Crippen LogP contribution in [-0.4, -0.2) is 130 Å². The number of halogens is 1. The number of amides is 4. The summed E-state index contributed by atoms with van der Waals surface area (Å²) in [6.07, 6.45) is -0.660. The summed E-state index contributed by atoms with van der Waals surface area (Å²) < 4.78 is 7.89. The maximum atomic E-state index is 14.1. The number of carbonyl (C=O) groups is 4. The number of benzene rings is 3. The number of piperazine rings is 1. The van der Waals surface area contributed by atoms with Crippen molar-refractivity contribution in [1.82, 2.24) is 40.5 Å². The second kappa shape index (κ2) is 23.8. The number of aliphatic hydroxyl groups is 1. The number of hydrogen-bond acceptors (Lipinski definition) is 13. The van der Waals surface area contributed by atoms with Gasteiger partial charge in [-0.05, 0) is 104 Å². The molecule has 9 rings (SSSR count). The van der Waals surface area contributed by atoms with E-state index in [9.17, 15) is 24.3 Å². The molecule has 3 aromatic heterocycles. The molecule has 0 saturated carbocycles. The zero-order valence-corrected chi connectivity index (χ0v) is 47.5. The molecule has 5 atom stereocenters. The average molecular weight is 1100 g/mol. The number of likely N-dealkylation sites (tertiary alicyclic amines) is 1. The fourth-order valence-electron chi connectivity index (χ4n) is 10.3. The Bertz CT molecular complexity index is 3120. The van der Waals surface area contributed by atoms with Crippen molar-refractivity contribution in [3.05, 3.63) is 139 Å². The van der Waals surface area contributed by atoms with Crippen molar-refractivity contribution in [3.8, 4) is 15.4 Å². The van der Waals surface area contributed by atoms with Crippen LogP contribution in [0.25, 0.3) is 15.4 Å². The van der Waals surface area contributed by atoms with Crippen LogP contribution in [0, 0.1) is 33.1 Å². The molecule has 0 radical (unpaired) electrons. The normalized spacial score (nSPS) is 18.5. The number of hydrogen-bond donors (Lipinski definition) is 4. The molecule has 0 unspecified atom stereocenters. The molecule has 0 aliphatic carbocycles. The maximum Gasteiger partial charge on any atom is 0.246 e. The number of anilines is 1. The molecule has 3 aliphatic rings. The first-order valence-corrected chi connectivity index (χ1v) is 28.4. The summed E-state index contributed by atoms with van der Waals surface area (Å²) in [6, 6.07) is 23.5. The van der Waals surface area contributed by atoms with Gasteiger partial charge in [0.1, 0.15) is 35.6 Å². The first kappa shape index (κ1) is 55.5. The second-order valence-electron chi connectivity index (χ2n) is 21.5. The molecule has 3 aliphatic heterocycles. The van der Waals surface area contributed by atoms with Crippen molar-refractivity contribution in [3.63, 3.8) is 0 Å². The highest BCUT2D eigenvalue weighted by Crippen LogP contribution is 2.40. The molecule has 19 heteroatoms. The lowest BCUT2D eigenvalue weighted by Crippen LogP contribution is -2.58. The maximum absolute atomic E-state index is 14.1. The SMILES string of the molecule is Cc1ccsc1-c1ccc(CNC(=O)[C@@H]2C[C@@H](O)CN2C(=O)[C@@H](NC(=O)COCCN2CCN(c3ccc([C@H](C)NC(=O)C[C@@H]4N=C(c5ccc(Cl)cc5)c5c(sc(C)c5C)-n5c(C)nnc54)cc3)CC2)C(C)(C)C)cc1. The summed E-state index contributed by atoms with van der Waals surface area (Å²) in [5.41, 5.74) is 8.52. The number of aromatic nitrogens is 3. The number of aryl methyl sites for hydroxylation is 3. The number of fused-ring (bicyclic) bond motifs is 3. The monoisotopic (exact) mass is 1100 g/mol. The fraction of sp³-hybridized carbons (Fsp3) is 0.431. The molecule has 6 heterocycles.